The Balaban J connectivity index is 2.08. The molecule has 1 unspecified atom stereocenters. The minimum absolute atomic E-state index is 0.0704. The highest BCUT2D eigenvalue weighted by Crippen LogP contribution is 2.08. The van der Waals surface area contributed by atoms with Crippen LogP contribution < -0.4 is 10.6 Å². The topological polar surface area (TPSA) is 79.3 Å². The van der Waals surface area contributed by atoms with Crippen LogP contribution in [0.25, 0.3) is 0 Å². The van der Waals surface area contributed by atoms with Crippen LogP contribution in [0.3, 0.4) is 0 Å². The van der Waals surface area contributed by atoms with Crippen LogP contribution in [-0.2, 0) is 16.1 Å². The number of aromatic nitrogens is 2. The predicted molar refractivity (Wildman–Crippen MR) is 78.8 cm³/mol. The smallest absolute Gasteiger partial charge is 0.245 e. The lowest BCUT2D eigenvalue weighted by Crippen LogP contribution is -2.60. The molecule has 1 saturated heterocycles. The van der Waals surface area contributed by atoms with E-state index in [0.717, 1.165) is 11.4 Å². The Bertz CT molecular complexity index is 525. The highest BCUT2D eigenvalue weighted by atomic mass is 16.2. The van der Waals surface area contributed by atoms with Crippen molar-refractivity contribution in [2.45, 2.75) is 33.4 Å². The van der Waals surface area contributed by atoms with Gasteiger partial charge in [0, 0.05) is 31.9 Å². The largest absolute Gasteiger partial charge is 0.355 e. The van der Waals surface area contributed by atoms with E-state index in [2.05, 4.69) is 15.7 Å². The quantitative estimate of drug-likeness (QED) is 0.780. The van der Waals surface area contributed by atoms with Gasteiger partial charge in [-0.2, -0.15) is 5.10 Å². The Kier molecular flexibility index (Phi) is 4.95. The van der Waals surface area contributed by atoms with Crippen LogP contribution in [0.15, 0.2) is 6.07 Å². The van der Waals surface area contributed by atoms with E-state index in [4.69, 9.17) is 0 Å². The first kappa shape index (κ1) is 15.5. The van der Waals surface area contributed by atoms with Gasteiger partial charge in [-0.25, -0.2) is 0 Å². The van der Waals surface area contributed by atoms with Gasteiger partial charge in [0.2, 0.25) is 11.8 Å². The fourth-order valence-corrected chi connectivity index (χ4v) is 2.58. The SMILES string of the molecule is CCNC(=O)C1CNCCN1C(=O)Cn1nc(C)cc1C. The minimum atomic E-state index is -0.442. The summed E-state index contributed by atoms with van der Waals surface area (Å²) in [4.78, 5) is 26.2. The van der Waals surface area contributed by atoms with Crippen molar-refractivity contribution in [2.75, 3.05) is 26.2 Å². The molecular formula is C14H23N5O2. The zero-order valence-electron chi connectivity index (χ0n) is 12.8. The summed E-state index contributed by atoms with van der Waals surface area (Å²) in [5.41, 5.74) is 1.84. The highest BCUT2D eigenvalue weighted by Gasteiger charge is 2.31. The van der Waals surface area contributed by atoms with Gasteiger partial charge >= 0.3 is 0 Å². The van der Waals surface area contributed by atoms with Gasteiger partial charge in [-0.15, -0.1) is 0 Å². The molecule has 1 atom stereocenters. The predicted octanol–water partition coefficient (Wildman–Crippen LogP) is -0.564. The number of carbonyl (C=O) groups excluding carboxylic acids is 2. The number of hydrogen-bond donors (Lipinski definition) is 2. The number of piperazine rings is 1. The van der Waals surface area contributed by atoms with E-state index in [-0.39, 0.29) is 18.4 Å². The van der Waals surface area contributed by atoms with Crippen molar-refractivity contribution in [1.29, 1.82) is 0 Å². The van der Waals surface area contributed by atoms with E-state index in [1.54, 1.807) is 9.58 Å². The first-order chi connectivity index (χ1) is 10.0. The number of hydrogen-bond acceptors (Lipinski definition) is 4. The molecule has 1 aliphatic heterocycles. The molecule has 1 aromatic rings. The van der Waals surface area contributed by atoms with Crippen LogP contribution in [-0.4, -0.2) is 58.7 Å². The van der Waals surface area contributed by atoms with Gasteiger partial charge in [0.15, 0.2) is 0 Å². The number of carbonyl (C=O) groups is 2. The second-order valence-electron chi connectivity index (χ2n) is 5.29. The molecule has 1 aromatic heterocycles. The Hall–Kier alpha value is -1.89. The fourth-order valence-electron chi connectivity index (χ4n) is 2.58. The molecular weight excluding hydrogens is 270 g/mol. The van der Waals surface area contributed by atoms with Crippen molar-refractivity contribution in [2.24, 2.45) is 0 Å². The van der Waals surface area contributed by atoms with Crippen molar-refractivity contribution in [3.63, 3.8) is 0 Å². The molecule has 0 aromatic carbocycles. The second-order valence-corrected chi connectivity index (χ2v) is 5.29. The van der Waals surface area contributed by atoms with E-state index in [0.29, 0.717) is 26.2 Å². The maximum Gasteiger partial charge on any atom is 0.245 e. The number of nitrogens with one attached hydrogen (secondary N) is 2. The number of nitrogens with zero attached hydrogens (tertiary/aromatic N) is 3. The summed E-state index contributed by atoms with van der Waals surface area (Å²) in [6.07, 6.45) is 0. The third kappa shape index (κ3) is 3.60. The molecule has 21 heavy (non-hydrogen) atoms. The molecule has 116 valence electrons. The van der Waals surface area contributed by atoms with Gasteiger partial charge in [0.05, 0.1) is 5.69 Å². The lowest BCUT2D eigenvalue weighted by atomic mass is 10.1. The van der Waals surface area contributed by atoms with E-state index in [1.807, 2.05) is 26.8 Å². The number of amides is 2. The fraction of sp³-hybridized carbons (Fsp3) is 0.643. The number of rotatable bonds is 4. The maximum absolute atomic E-state index is 12.5. The Morgan fingerprint density at radius 3 is 2.86 bits per heavy atom. The Morgan fingerprint density at radius 1 is 1.48 bits per heavy atom. The summed E-state index contributed by atoms with van der Waals surface area (Å²) in [6, 6.07) is 1.50. The molecule has 2 rings (SSSR count). The van der Waals surface area contributed by atoms with Crippen molar-refractivity contribution < 1.29 is 9.59 Å². The standard InChI is InChI=1S/C14H23N5O2/c1-4-16-14(21)12-8-15-5-6-18(12)13(20)9-19-11(3)7-10(2)17-19/h7,12,15H,4-6,8-9H2,1-3H3,(H,16,21). The third-order valence-corrected chi connectivity index (χ3v) is 3.61. The molecule has 2 amide bonds. The molecule has 1 fully saturated rings. The average molecular weight is 293 g/mol. The molecule has 2 N–H and O–H groups in total. The van der Waals surface area contributed by atoms with E-state index in [9.17, 15) is 9.59 Å². The summed E-state index contributed by atoms with van der Waals surface area (Å²) in [7, 11) is 0. The van der Waals surface area contributed by atoms with Crippen LogP contribution in [0.1, 0.15) is 18.3 Å². The molecule has 0 bridgehead atoms. The lowest BCUT2D eigenvalue weighted by Gasteiger charge is -2.35. The Morgan fingerprint density at radius 2 is 2.24 bits per heavy atom. The molecule has 1 aliphatic rings. The van der Waals surface area contributed by atoms with Crippen molar-refractivity contribution in [3.05, 3.63) is 17.5 Å². The lowest BCUT2D eigenvalue weighted by molar-refractivity contribution is -0.142. The molecule has 0 saturated carbocycles. The summed E-state index contributed by atoms with van der Waals surface area (Å²) in [6.45, 7) is 8.18. The zero-order chi connectivity index (χ0) is 15.4. The average Bonchev–Trinajstić information content (AvgIpc) is 2.77. The molecule has 0 aliphatic carbocycles. The van der Waals surface area contributed by atoms with Crippen LogP contribution in [0, 0.1) is 13.8 Å². The van der Waals surface area contributed by atoms with Gasteiger partial charge in [0.1, 0.15) is 12.6 Å². The summed E-state index contributed by atoms with van der Waals surface area (Å²) < 4.78 is 1.69. The monoisotopic (exact) mass is 293 g/mol. The molecule has 0 spiro atoms. The normalized spacial score (nSPS) is 18.6. The second kappa shape index (κ2) is 6.71. The van der Waals surface area contributed by atoms with Gasteiger partial charge < -0.3 is 15.5 Å². The molecule has 7 heteroatoms. The summed E-state index contributed by atoms with van der Waals surface area (Å²) in [5, 5.41) is 10.2. The van der Waals surface area contributed by atoms with Crippen molar-refractivity contribution >= 4 is 11.8 Å². The van der Waals surface area contributed by atoms with E-state index >= 15 is 0 Å². The van der Waals surface area contributed by atoms with Gasteiger partial charge in [-0.05, 0) is 26.8 Å². The van der Waals surface area contributed by atoms with Crippen molar-refractivity contribution in [1.82, 2.24) is 25.3 Å². The van der Waals surface area contributed by atoms with E-state index in [1.165, 1.54) is 0 Å². The third-order valence-electron chi connectivity index (χ3n) is 3.61. The Labute approximate surface area is 124 Å². The van der Waals surface area contributed by atoms with Crippen LogP contribution in [0.5, 0.6) is 0 Å². The maximum atomic E-state index is 12.5. The van der Waals surface area contributed by atoms with Crippen molar-refractivity contribution in [3.8, 4) is 0 Å². The van der Waals surface area contributed by atoms with Gasteiger partial charge in [-0.1, -0.05) is 0 Å². The summed E-state index contributed by atoms with van der Waals surface area (Å²) >= 11 is 0. The van der Waals surface area contributed by atoms with Crippen LogP contribution >= 0.6 is 0 Å². The first-order valence-corrected chi connectivity index (χ1v) is 7.32. The van der Waals surface area contributed by atoms with Gasteiger partial charge in [-0.3, -0.25) is 14.3 Å². The number of aryl methyl sites for hydroxylation is 2. The van der Waals surface area contributed by atoms with Gasteiger partial charge in [0.25, 0.3) is 0 Å². The van der Waals surface area contributed by atoms with E-state index < -0.39 is 6.04 Å². The minimum Gasteiger partial charge on any atom is -0.355 e. The summed E-state index contributed by atoms with van der Waals surface area (Å²) in [5.74, 6) is -0.176. The molecule has 0 radical (unpaired) electrons. The molecule has 2 heterocycles. The zero-order valence-corrected chi connectivity index (χ0v) is 12.8. The first-order valence-electron chi connectivity index (χ1n) is 7.32. The number of likely N-dealkylation sites (N-methyl/N-ethyl adjacent to an activating group) is 1. The molecule has 7 nitrogen and oxygen atoms in total. The van der Waals surface area contributed by atoms with Crippen LogP contribution in [0.4, 0.5) is 0 Å². The highest BCUT2D eigenvalue weighted by molar-refractivity contribution is 5.88. The van der Waals surface area contributed by atoms with Crippen LogP contribution in [0.2, 0.25) is 0 Å².